The molecule has 0 saturated heterocycles. The van der Waals surface area contributed by atoms with Gasteiger partial charge >= 0.3 is 0 Å². The number of nitrogens with zero attached hydrogens (tertiary/aromatic N) is 1. The zero-order chi connectivity index (χ0) is 15.4. The molecule has 0 heterocycles. The molecule has 21 heavy (non-hydrogen) atoms. The molecule has 2 aromatic carbocycles. The van der Waals surface area contributed by atoms with Gasteiger partial charge in [0.2, 0.25) is 0 Å². The second kappa shape index (κ2) is 6.14. The number of nitrogens with one attached hydrogen (secondary N) is 2. The average molecular weight is 307 g/mol. The van der Waals surface area contributed by atoms with E-state index in [9.17, 15) is 19.6 Å². The molecule has 0 saturated carbocycles. The van der Waals surface area contributed by atoms with Crippen molar-refractivity contribution >= 4 is 34.4 Å². The van der Waals surface area contributed by atoms with Gasteiger partial charge in [-0.05, 0) is 42.5 Å². The van der Waals surface area contributed by atoms with Gasteiger partial charge in [0.15, 0.2) is 5.11 Å². The Morgan fingerprint density at radius 1 is 1.19 bits per heavy atom. The van der Waals surface area contributed by atoms with Gasteiger partial charge in [-0.1, -0.05) is 0 Å². The molecule has 8 heteroatoms. The quantitative estimate of drug-likeness (QED) is 0.349. The number of hydrogen-bond acceptors (Lipinski definition) is 4. The monoisotopic (exact) mass is 307 g/mol. The van der Waals surface area contributed by atoms with Crippen LogP contribution in [0.1, 0.15) is 0 Å². The fraction of sp³-hybridized carbons (Fsp3) is 0. The molecule has 2 rings (SSSR count). The maximum Gasteiger partial charge on any atom is 0.273 e. The van der Waals surface area contributed by atoms with Crippen molar-refractivity contribution in [2.24, 2.45) is 0 Å². The molecule has 0 fully saturated rings. The van der Waals surface area contributed by atoms with Crippen LogP contribution in [0.3, 0.4) is 0 Å². The lowest BCUT2D eigenvalue weighted by Gasteiger charge is -2.11. The third-order valence-corrected chi connectivity index (χ3v) is 2.75. The van der Waals surface area contributed by atoms with Crippen molar-refractivity contribution in [3.8, 4) is 5.75 Å². The third kappa shape index (κ3) is 3.86. The van der Waals surface area contributed by atoms with Crippen LogP contribution < -0.4 is 10.6 Å². The summed E-state index contributed by atoms with van der Waals surface area (Å²) >= 11 is 5.03. The van der Waals surface area contributed by atoms with E-state index >= 15 is 0 Å². The molecule has 0 bridgehead atoms. The second-order valence-corrected chi connectivity index (χ2v) is 4.45. The molecule has 0 amide bonds. The highest BCUT2D eigenvalue weighted by Gasteiger charge is 2.10. The van der Waals surface area contributed by atoms with E-state index in [1.54, 1.807) is 0 Å². The Morgan fingerprint density at radius 3 is 2.43 bits per heavy atom. The molecule has 0 aliphatic carbocycles. The highest BCUT2D eigenvalue weighted by Crippen LogP contribution is 2.27. The Balaban J connectivity index is 2.06. The van der Waals surface area contributed by atoms with Gasteiger partial charge in [0, 0.05) is 11.8 Å². The lowest BCUT2D eigenvalue weighted by atomic mass is 10.2. The second-order valence-electron chi connectivity index (χ2n) is 4.04. The predicted octanol–water partition coefficient (Wildman–Crippen LogP) is 3.25. The summed E-state index contributed by atoms with van der Waals surface area (Å²) in [4.78, 5) is 9.95. The van der Waals surface area contributed by atoms with Gasteiger partial charge < -0.3 is 15.7 Å². The van der Waals surface area contributed by atoms with Gasteiger partial charge in [0.1, 0.15) is 11.6 Å². The molecule has 0 aromatic heterocycles. The summed E-state index contributed by atoms with van der Waals surface area (Å²) in [6.45, 7) is 0. The number of nitro groups is 1. The van der Waals surface area contributed by atoms with Crippen molar-refractivity contribution in [1.29, 1.82) is 0 Å². The molecule has 0 radical (unpaired) electrons. The number of non-ortho nitro benzene ring substituents is 1. The van der Waals surface area contributed by atoms with E-state index in [-0.39, 0.29) is 28.1 Å². The Labute approximate surface area is 124 Å². The minimum atomic E-state index is -0.613. The molecule has 2 aromatic rings. The number of thiocarbonyl (C=S) groups is 1. The fourth-order valence-corrected chi connectivity index (χ4v) is 1.78. The molecule has 0 aliphatic rings. The van der Waals surface area contributed by atoms with Crippen LogP contribution >= 0.6 is 12.2 Å². The summed E-state index contributed by atoms with van der Waals surface area (Å²) < 4.78 is 12.8. The minimum absolute atomic E-state index is 0.158. The maximum absolute atomic E-state index is 12.8. The average Bonchev–Trinajstić information content (AvgIpc) is 2.43. The number of nitro benzene ring substituents is 1. The van der Waals surface area contributed by atoms with Crippen molar-refractivity contribution in [3.63, 3.8) is 0 Å². The standard InChI is InChI=1S/C13H10FN3O3S/c14-8-1-3-9(4-2-8)15-13(21)16-11-6-5-10(17(19)20)7-12(11)18/h1-7,18H,(H2,15,16,21). The number of phenols is 1. The normalized spacial score (nSPS) is 9.95. The van der Waals surface area contributed by atoms with Crippen LogP contribution in [0.15, 0.2) is 42.5 Å². The summed E-state index contributed by atoms with van der Waals surface area (Å²) in [6.07, 6.45) is 0. The Hall–Kier alpha value is -2.74. The highest BCUT2D eigenvalue weighted by atomic mass is 32.1. The van der Waals surface area contributed by atoms with E-state index in [4.69, 9.17) is 12.2 Å². The number of halogens is 1. The van der Waals surface area contributed by atoms with Crippen molar-refractivity contribution in [2.45, 2.75) is 0 Å². The van der Waals surface area contributed by atoms with Crippen LogP contribution in [-0.2, 0) is 0 Å². The van der Waals surface area contributed by atoms with Gasteiger partial charge in [-0.2, -0.15) is 0 Å². The van der Waals surface area contributed by atoms with Crippen LogP contribution in [0.5, 0.6) is 5.75 Å². The molecule has 6 nitrogen and oxygen atoms in total. The first-order valence-corrected chi connectivity index (χ1v) is 6.17. The number of anilines is 2. The SMILES string of the molecule is O=[N+]([O-])c1ccc(NC(=S)Nc2ccc(F)cc2)c(O)c1. The minimum Gasteiger partial charge on any atom is -0.506 e. The van der Waals surface area contributed by atoms with E-state index in [2.05, 4.69) is 10.6 Å². The lowest BCUT2D eigenvalue weighted by Crippen LogP contribution is -2.19. The van der Waals surface area contributed by atoms with Crippen LogP contribution in [0.2, 0.25) is 0 Å². The fourth-order valence-electron chi connectivity index (χ4n) is 1.56. The number of hydrogen-bond donors (Lipinski definition) is 3. The van der Waals surface area contributed by atoms with Crippen LogP contribution in [0, 0.1) is 15.9 Å². The van der Waals surface area contributed by atoms with Crippen molar-refractivity contribution in [1.82, 2.24) is 0 Å². The first kappa shape index (κ1) is 14.7. The molecule has 0 aliphatic heterocycles. The van der Waals surface area contributed by atoms with Crippen molar-refractivity contribution in [3.05, 3.63) is 58.4 Å². The van der Waals surface area contributed by atoms with Crippen LogP contribution in [0.25, 0.3) is 0 Å². The van der Waals surface area contributed by atoms with Gasteiger partial charge in [-0.3, -0.25) is 10.1 Å². The first-order valence-electron chi connectivity index (χ1n) is 5.76. The summed E-state index contributed by atoms with van der Waals surface area (Å²) in [6, 6.07) is 9.14. The van der Waals surface area contributed by atoms with Gasteiger partial charge in [0.25, 0.3) is 5.69 Å². The summed E-state index contributed by atoms with van der Waals surface area (Å²) in [5, 5.41) is 25.9. The molecular weight excluding hydrogens is 297 g/mol. The van der Waals surface area contributed by atoms with Gasteiger partial charge in [-0.15, -0.1) is 0 Å². The highest BCUT2D eigenvalue weighted by molar-refractivity contribution is 7.80. The number of aromatic hydroxyl groups is 1. The van der Waals surface area contributed by atoms with Crippen LogP contribution in [0.4, 0.5) is 21.5 Å². The molecule has 108 valence electrons. The Morgan fingerprint density at radius 2 is 1.86 bits per heavy atom. The van der Waals surface area contributed by atoms with E-state index in [0.717, 1.165) is 6.07 Å². The number of benzene rings is 2. The zero-order valence-corrected chi connectivity index (χ0v) is 11.4. The predicted molar refractivity (Wildman–Crippen MR) is 81.0 cm³/mol. The van der Waals surface area contributed by atoms with Gasteiger partial charge in [0.05, 0.1) is 16.7 Å². The summed E-state index contributed by atoms with van der Waals surface area (Å²) in [7, 11) is 0. The molecule has 0 spiro atoms. The zero-order valence-electron chi connectivity index (χ0n) is 10.5. The Kier molecular flexibility index (Phi) is 4.29. The topological polar surface area (TPSA) is 87.4 Å². The summed E-state index contributed by atoms with van der Waals surface area (Å²) in [5.41, 5.74) is 0.561. The van der Waals surface area contributed by atoms with Crippen molar-refractivity contribution in [2.75, 3.05) is 10.6 Å². The van der Waals surface area contributed by atoms with E-state index in [1.165, 1.54) is 36.4 Å². The first-order chi connectivity index (χ1) is 9.95. The Bertz CT molecular complexity index is 692. The molecule has 3 N–H and O–H groups in total. The molecule has 0 unspecified atom stereocenters. The van der Waals surface area contributed by atoms with E-state index in [0.29, 0.717) is 5.69 Å². The maximum atomic E-state index is 12.8. The van der Waals surface area contributed by atoms with E-state index < -0.39 is 4.92 Å². The molecular formula is C13H10FN3O3S. The third-order valence-electron chi connectivity index (χ3n) is 2.54. The lowest BCUT2D eigenvalue weighted by molar-refractivity contribution is -0.384. The number of rotatable bonds is 3. The number of phenolic OH excluding ortho intramolecular Hbond substituents is 1. The van der Waals surface area contributed by atoms with Crippen molar-refractivity contribution < 1.29 is 14.4 Å². The largest absolute Gasteiger partial charge is 0.506 e. The molecule has 0 atom stereocenters. The van der Waals surface area contributed by atoms with Crippen LogP contribution in [-0.4, -0.2) is 15.1 Å². The smallest absolute Gasteiger partial charge is 0.273 e. The van der Waals surface area contributed by atoms with Gasteiger partial charge in [-0.25, -0.2) is 4.39 Å². The summed E-state index contributed by atoms with van der Waals surface area (Å²) in [5.74, 6) is -0.667. The van der Waals surface area contributed by atoms with E-state index in [1.807, 2.05) is 0 Å².